The molecule has 0 aliphatic heterocycles. The fraction of sp³-hybridized carbons (Fsp3) is 0.426. The van der Waals surface area contributed by atoms with Gasteiger partial charge in [-0.2, -0.15) is 47.4 Å². The number of hydrogen-bond donors (Lipinski definition) is 2. The number of aryl methyl sites for hydroxylation is 1. The summed E-state index contributed by atoms with van der Waals surface area (Å²) in [5, 5.41) is 41.1. The number of ketones is 2. The van der Waals surface area contributed by atoms with E-state index in [1.807, 2.05) is 0 Å². The number of aromatic nitrogens is 14. The maximum absolute atomic E-state index is 15.5. The number of Topliss-reactive ketones (excluding diaryl/α,β-unsaturated/α-hetero) is 2. The number of aliphatic hydroxyl groups is 2. The molecule has 0 radical (unpaired) electrons. The van der Waals surface area contributed by atoms with Crippen LogP contribution in [0.2, 0.25) is 44.3 Å². The molecule has 6 heterocycles. The van der Waals surface area contributed by atoms with Gasteiger partial charge in [0.2, 0.25) is 0 Å². The third-order valence-electron chi connectivity index (χ3n) is 13.7. The normalized spacial score (nSPS) is 16.3. The number of halogens is 8. The Morgan fingerprint density at radius 3 is 1.89 bits per heavy atom. The smallest absolute Gasteiger partial charge is 0.376 e. The van der Waals surface area contributed by atoms with Crippen molar-refractivity contribution in [1.82, 2.24) is 68.8 Å². The number of hydrogen-bond acceptors (Lipinski definition) is 15. The molecule has 6 aromatic heterocycles. The van der Waals surface area contributed by atoms with Crippen molar-refractivity contribution in [2.45, 2.75) is 146 Å². The van der Waals surface area contributed by atoms with Gasteiger partial charge in [0, 0.05) is 59.7 Å². The average Bonchev–Trinajstić information content (AvgIpc) is 1.52. The molecule has 2 unspecified atom stereocenters. The van der Waals surface area contributed by atoms with Crippen LogP contribution in [-0.2, 0) is 76.9 Å². The zero-order valence-electron chi connectivity index (χ0n) is 52.2. The number of nitrogens with zero attached hydrogens (tertiary/aromatic N) is 14. The summed E-state index contributed by atoms with van der Waals surface area (Å²) >= 11 is 6.65. The first-order valence-corrected chi connectivity index (χ1v) is 37.9. The minimum Gasteiger partial charge on any atom is -0.376 e. The Morgan fingerprint density at radius 2 is 1.38 bits per heavy atom. The van der Waals surface area contributed by atoms with Crippen LogP contribution in [0.15, 0.2) is 80.4 Å². The zero-order valence-corrected chi connectivity index (χ0v) is 55.8. The van der Waals surface area contributed by atoms with Crippen molar-refractivity contribution in [2.75, 3.05) is 6.26 Å². The minimum absolute atomic E-state index is 0.0389. The van der Waals surface area contributed by atoms with E-state index in [0.29, 0.717) is 34.9 Å². The van der Waals surface area contributed by atoms with E-state index in [9.17, 15) is 50.2 Å². The predicted octanol–water partition coefficient (Wildman–Crippen LogP) is 9.19. The van der Waals surface area contributed by atoms with Gasteiger partial charge in [-0.1, -0.05) is 68.8 Å². The highest BCUT2D eigenvalue weighted by molar-refractivity contribution is 7.89. The highest BCUT2D eigenvalue weighted by atomic mass is 35.5. The van der Waals surface area contributed by atoms with Gasteiger partial charge in [0.25, 0.3) is 5.92 Å². The van der Waals surface area contributed by atoms with Gasteiger partial charge < -0.3 is 10.2 Å². The Labute approximate surface area is 534 Å². The first kappa shape index (κ1) is 71.3. The number of carbonyl (C=O) groups excluding carboxylic acids is 2. The Morgan fingerprint density at radius 1 is 0.826 bits per heavy atom. The summed E-state index contributed by atoms with van der Waals surface area (Å²) in [5.74, 6) is -1.95. The topological polar surface area (TPSA) is 249 Å². The first-order chi connectivity index (χ1) is 42.6. The number of fused-ring (bicyclic) bond motifs is 4. The third kappa shape index (κ3) is 19.4. The molecule has 1 fully saturated rings. The van der Waals surface area contributed by atoms with Crippen LogP contribution in [0.4, 0.5) is 30.7 Å². The van der Waals surface area contributed by atoms with Crippen LogP contribution < -0.4 is 0 Å². The number of rotatable bonds is 16. The number of sulfone groups is 1. The van der Waals surface area contributed by atoms with E-state index in [1.54, 1.807) is 37.1 Å². The summed E-state index contributed by atoms with van der Waals surface area (Å²) in [4.78, 5) is 40.7. The first-order valence-electron chi connectivity index (χ1n) is 28.4. The molecular weight excluding hydrogens is 1280 g/mol. The summed E-state index contributed by atoms with van der Waals surface area (Å²) < 4.78 is 134. The van der Waals surface area contributed by atoms with Gasteiger partial charge in [-0.05, 0) is 81.3 Å². The van der Waals surface area contributed by atoms with Crippen LogP contribution in [0.1, 0.15) is 85.0 Å². The molecule has 5 atom stereocenters. The monoisotopic (exact) mass is 1350 g/mol. The van der Waals surface area contributed by atoms with E-state index in [0.717, 1.165) is 18.4 Å². The summed E-state index contributed by atoms with van der Waals surface area (Å²) in [5.41, 5.74) is 1.36. The van der Waals surface area contributed by atoms with Crippen molar-refractivity contribution in [2.24, 2.45) is 13.0 Å². The molecular formula is C61H68ClF7N14O6SSi2. The lowest BCUT2D eigenvalue weighted by molar-refractivity contribution is -0.142. The molecule has 2 N–H and O–H groups in total. The fourth-order valence-electron chi connectivity index (χ4n) is 9.89. The molecule has 0 bridgehead atoms. The largest absolute Gasteiger partial charge is 0.435 e. The minimum atomic E-state index is -5.08. The van der Waals surface area contributed by atoms with E-state index in [1.165, 1.54) is 71.7 Å². The Bertz CT molecular complexity index is 4250. The third-order valence-corrected chi connectivity index (χ3v) is 16.6. The molecule has 10 rings (SSSR count). The molecule has 8 aromatic rings. The number of pyridine rings is 1. The van der Waals surface area contributed by atoms with Gasteiger partial charge >= 0.3 is 6.18 Å². The van der Waals surface area contributed by atoms with Crippen LogP contribution in [0.5, 0.6) is 0 Å². The van der Waals surface area contributed by atoms with Crippen LogP contribution in [0.25, 0.3) is 22.0 Å². The Hall–Kier alpha value is -8.19. The molecule has 31 heteroatoms. The van der Waals surface area contributed by atoms with Gasteiger partial charge in [-0.25, -0.2) is 51.2 Å². The fourth-order valence-corrected chi connectivity index (χ4v) is 11.5. The second kappa shape index (κ2) is 28.0. The molecule has 0 spiro atoms. The molecule has 92 heavy (non-hydrogen) atoms. The van der Waals surface area contributed by atoms with E-state index >= 15 is 8.78 Å². The lowest BCUT2D eigenvalue weighted by Gasteiger charge is -2.22. The number of carbonyl (C=O) groups is 2. The van der Waals surface area contributed by atoms with Gasteiger partial charge in [-0.3, -0.25) is 19.0 Å². The Balaban J connectivity index is 0.000000326. The van der Waals surface area contributed by atoms with Crippen LogP contribution in [0.3, 0.4) is 0 Å². The van der Waals surface area contributed by atoms with Crippen molar-refractivity contribution in [3.8, 4) is 46.4 Å². The van der Waals surface area contributed by atoms with E-state index in [4.69, 9.17) is 23.0 Å². The van der Waals surface area contributed by atoms with E-state index < -0.39 is 120 Å². The summed E-state index contributed by atoms with van der Waals surface area (Å²) in [6.07, 6.45) is 8.57. The molecule has 20 nitrogen and oxygen atoms in total. The molecule has 488 valence electrons. The quantitative estimate of drug-likeness (QED) is 0.0520. The number of alkyl halides is 5. The van der Waals surface area contributed by atoms with Gasteiger partial charge in [0.15, 0.2) is 27.1 Å². The van der Waals surface area contributed by atoms with Crippen molar-refractivity contribution in [1.29, 1.82) is 0 Å². The average molecular weight is 1350 g/mol. The van der Waals surface area contributed by atoms with Crippen LogP contribution in [0, 0.1) is 52.8 Å². The molecule has 1 saturated carbocycles. The molecule has 2 aliphatic carbocycles. The van der Waals surface area contributed by atoms with Crippen molar-refractivity contribution >= 4 is 60.1 Å². The Kier molecular flexibility index (Phi) is 21.7. The SMILES string of the molecule is C#C[Si](C)(C)C.CC(=O)Cn1cncn1.CC(O)(C#C[Si](C)(C)C)Cn1cncn1.Cn1nc(CS(C)(=O)=O)c2c(Cl)ccc(-c3ccc(C#CC(C)(O)Cn4cncn4)nc3[C@@H](CC(=O)Cn3nc(C(F)(F)F)c4c3C(F)(F)[C@@H]3C[C@H]43)Cc3cc(F)cc(F)c3)c21. The highest BCUT2D eigenvalue weighted by Gasteiger charge is 2.68. The summed E-state index contributed by atoms with van der Waals surface area (Å²) in [6, 6.07) is 8.82. The maximum Gasteiger partial charge on any atom is 0.435 e. The predicted molar refractivity (Wildman–Crippen MR) is 334 cm³/mol. The standard InChI is InChI=1S/C41H34ClF7N8O4S.C10H17N3OSi.C5H7N3O.C5H10Si/c1-39(59,18-56-20-50-19-51-56)9-8-25-4-5-27(28-6-7-31(42)34-32(17-62(3,60)61)53-55(2)36(28)34)35(52-25)22(10-21-11-23(43)14-24(44)12-21)13-26(58)16-57-38-33(37(54-57)41(47,48)49)29-15-30(29)40(38,45)46;1-10(14,5-6-15(2,3)4)7-13-9-11-8-12-13;1-5(9)2-8-4-6-3-7-8;1-5-6(2,3)4/h4-7,11-12,14,19-20,22,29-30,59H,10,13,15-18H2,1-3H3;8-9,14H,7H2,1-4H3;3-4H,2H2,1H3;1H,2-4H3/t22-,29+,30-,39?;;;/m1.../s1. The maximum atomic E-state index is 15.5. The van der Waals surface area contributed by atoms with Crippen molar-refractivity contribution in [3.63, 3.8) is 0 Å². The molecule has 2 aromatic carbocycles. The van der Waals surface area contributed by atoms with Crippen molar-refractivity contribution < 1.29 is 59.0 Å². The molecule has 0 amide bonds. The highest BCUT2D eigenvalue weighted by Crippen LogP contribution is 2.68. The molecule has 0 saturated heterocycles. The van der Waals surface area contributed by atoms with Gasteiger partial charge in [-0.15, -0.1) is 17.5 Å². The zero-order chi connectivity index (χ0) is 68.1. The summed E-state index contributed by atoms with van der Waals surface area (Å²) in [7, 11) is -4.61. The van der Waals surface area contributed by atoms with Crippen LogP contribution >= 0.6 is 11.6 Å². The van der Waals surface area contributed by atoms with Crippen LogP contribution in [-0.4, -0.2) is 133 Å². The lowest BCUT2D eigenvalue weighted by Crippen LogP contribution is -2.30. The van der Waals surface area contributed by atoms with Gasteiger partial charge in [0.1, 0.15) is 101 Å². The van der Waals surface area contributed by atoms with E-state index in [-0.39, 0.29) is 63.8 Å². The van der Waals surface area contributed by atoms with E-state index in [2.05, 4.69) is 109 Å². The lowest BCUT2D eigenvalue weighted by atomic mass is 9.86. The number of benzene rings is 2. The number of terminal acetylenes is 1. The van der Waals surface area contributed by atoms with Crippen molar-refractivity contribution in [3.05, 3.63) is 137 Å². The second-order valence-corrected chi connectivity index (χ2v) is 37.1. The van der Waals surface area contributed by atoms with Gasteiger partial charge in [0.05, 0.1) is 40.8 Å². The molecule has 2 aliphatic rings. The summed E-state index contributed by atoms with van der Waals surface area (Å²) in [6.45, 7) is 17.1. The second-order valence-electron chi connectivity index (χ2n) is 25.0.